The van der Waals surface area contributed by atoms with E-state index in [9.17, 15) is 4.79 Å². The second-order valence-corrected chi connectivity index (χ2v) is 3.68. The molecule has 0 N–H and O–H groups in total. The molecule has 0 spiro atoms. The number of hydrogen-bond acceptors (Lipinski definition) is 3. The fourth-order valence-electron chi connectivity index (χ4n) is 1.47. The van der Waals surface area contributed by atoms with E-state index in [1.165, 1.54) is 0 Å². The van der Waals surface area contributed by atoms with Crippen LogP contribution in [0, 0.1) is 6.92 Å². The first-order valence-corrected chi connectivity index (χ1v) is 5.10. The van der Waals surface area contributed by atoms with Gasteiger partial charge in [0.15, 0.2) is 5.78 Å². The van der Waals surface area contributed by atoms with Gasteiger partial charge in [0.25, 0.3) is 0 Å². The first kappa shape index (κ1) is 10.5. The third-order valence-electron chi connectivity index (χ3n) is 2.29. The smallest absolute Gasteiger partial charge is 0.185 e. The predicted octanol–water partition coefficient (Wildman–Crippen LogP) is 2.21. The molecule has 0 saturated heterocycles. The summed E-state index contributed by atoms with van der Waals surface area (Å²) >= 11 is 0. The number of rotatable bonds is 3. The highest BCUT2D eigenvalue weighted by atomic mass is 16.1. The summed E-state index contributed by atoms with van der Waals surface area (Å²) in [7, 11) is 0. The van der Waals surface area contributed by atoms with Crippen molar-refractivity contribution in [1.82, 2.24) is 9.97 Å². The molecule has 0 fully saturated rings. The molecule has 0 aliphatic rings. The summed E-state index contributed by atoms with van der Waals surface area (Å²) in [6, 6.07) is 7.40. The molecule has 80 valence electrons. The molecular weight excluding hydrogens is 200 g/mol. The molecule has 0 saturated carbocycles. The van der Waals surface area contributed by atoms with Crippen molar-refractivity contribution in [3.8, 4) is 0 Å². The first-order valence-electron chi connectivity index (χ1n) is 5.10. The lowest BCUT2D eigenvalue weighted by molar-refractivity contribution is 0.0988. The van der Waals surface area contributed by atoms with Crippen LogP contribution >= 0.6 is 0 Å². The SMILES string of the molecule is Cc1ccnc(C(=O)Cc2cccnc2)c1. The molecule has 0 aromatic carbocycles. The zero-order valence-corrected chi connectivity index (χ0v) is 9.05. The van der Waals surface area contributed by atoms with Crippen LogP contribution in [-0.2, 0) is 6.42 Å². The van der Waals surface area contributed by atoms with Gasteiger partial charge in [0.1, 0.15) is 5.69 Å². The molecule has 0 aliphatic heterocycles. The minimum absolute atomic E-state index is 0.0247. The minimum Gasteiger partial charge on any atom is -0.292 e. The Bertz CT molecular complexity index is 494. The maximum absolute atomic E-state index is 11.9. The van der Waals surface area contributed by atoms with E-state index in [4.69, 9.17) is 0 Å². The average molecular weight is 212 g/mol. The van der Waals surface area contributed by atoms with Crippen LogP contribution in [0.1, 0.15) is 21.6 Å². The monoisotopic (exact) mass is 212 g/mol. The second-order valence-electron chi connectivity index (χ2n) is 3.68. The van der Waals surface area contributed by atoms with Gasteiger partial charge in [0.2, 0.25) is 0 Å². The van der Waals surface area contributed by atoms with Crippen LogP contribution in [0.3, 0.4) is 0 Å². The Labute approximate surface area is 94.2 Å². The van der Waals surface area contributed by atoms with Gasteiger partial charge in [-0.25, -0.2) is 0 Å². The van der Waals surface area contributed by atoms with Crippen LogP contribution in [0.2, 0.25) is 0 Å². The van der Waals surface area contributed by atoms with Crippen LogP contribution in [0.4, 0.5) is 0 Å². The molecule has 2 rings (SSSR count). The molecule has 2 heterocycles. The summed E-state index contributed by atoms with van der Waals surface area (Å²) in [5.74, 6) is 0.0247. The summed E-state index contributed by atoms with van der Waals surface area (Å²) in [5, 5.41) is 0. The van der Waals surface area contributed by atoms with E-state index in [0.29, 0.717) is 12.1 Å². The van der Waals surface area contributed by atoms with Gasteiger partial charge in [-0.15, -0.1) is 0 Å². The Morgan fingerprint density at radius 1 is 1.31 bits per heavy atom. The van der Waals surface area contributed by atoms with Gasteiger partial charge in [-0.3, -0.25) is 14.8 Å². The van der Waals surface area contributed by atoms with Gasteiger partial charge >= 0.3 is 0 Å². The highest BCUT2D eigenvalue weighted by Gasteiger charge is 2.08. The average Bonchev–Trinajstić information content (AvgIpc) is 2.30. The van der Waals surface area contributed by atoms with Crippen LogP contribution < -0.4 is 0 Å². The van der Waals surface area contributed by atoms with E-state index in [2.05, 4.69) is 9.97 Å². The molecule has 2 aromatic heterocycles. The molecule has 16 heavy (non-hydrogen) atoms. The molecule has 0 atom stereocenters. The number of ketones is 1. The number of aromatic nitrogens is 2. The van der Waals surface area contributed by atoms with Crippen molar-refractivity contribution in [3.05, 3.63) is 59.7 Å². The number of aryl methyl sites for hydroxylation is 1. The largest absolute Gasteiger partial charge is 0.292 e. The highest BCUT2D eigenvalue weighted by molar-refractivity contribution is 5.95. The van der Waals surface area contributed by atoms with Crippen molar-refractivity contribution in [1.29, 1.82) is 0 Å². The summed E-state index contributed by atoms with van der Waals surface area (Å²) in [4.78, 5) is 19.9. The molecule has 3 nitrogen and oxygen atoms in total. The van der Waals surface area contributed by atoms with Crippen molar-refractivity contribution < 1.29 is 4.79 Å². The number of carbonyl (C=O) groups excluding carboxylic acids is 1. The van der Waals surface area contributed by atoms with Crippen LogP contribution in [0.15, 0.2) is 42.9 Å². The fourth-order valence-corrected chi connectivity index (χ4v) is 1.47. The topological polar surface area (TPSA) is 42.9 Å². The van der Waals surface area contributed by atoms with Gasteiger partial charge in [-0.1, -0.05) is 6.07 Å². The Balaban J connectivity index is 2.15. The standard InChI is InChI=1S/C13H12N2O/c1-10-4-6-15-12(7-10)13(16)8-11-3-2-5-14-9-11/h2-7,9H,8H2,1H3. The van der Waals surface area contributed by atoms with Crippen LogP contribution in [-0.4, -0.2) is 15.8 Å². The third-order valence-corrected chi connectivity index (χ3v) is 2.29. The maximum Gasteiger partial charge on any atom is 0.185 e. The summed E-state index contributed by atoms with van der Waals surface area (Å²) in [6.45, 7) is 1.95. The van der Waals surface area contributed by atoms with Crippen molar-refractivity contribution >= 4 is 5.78 Å². The van der Waals surface area contributed by atoms with E-state index in [-0.39, 0.29) is 5.78 Å². The van der Waals surface area contributed by atoms with E-state index in [1.807, 2.05) is 25.1 Å². The van der Waals surface area contributed by atoms with E-state index >= 15 is 0 Å². The normalized spacial score (nSPS) is 10.1. The van der Waals surface area contributed by atoms with Crippen molar-refractivity contribution in [2.45, 2.75) is 13.3 Å². The molecular formula is C13H12N2O. The lowest BCUT2D eigenvalue weighted by Gasteiger charge is -2.01. The highest BCUT2D eigenvalue weighted by Crippen LogP contribution is 2.06. The number of pyridine rings is 2. The predicted molar refractivity (Wildman–Crippen MR) is 61.2 cm³/mol. The van der Waals surface area contributed by atoms with Gasteiger partial charge in [-0.2, -0.15) is 0 Å². The maximum atomic E-state index is 11.9. The van der Waals surface area contributed by atoms with Crippen LogP contribution in [0.5, 0.6) is 0 Å². The van der Waals surface area contributed by atoms with Crippen molar-refractivity contribution in [2.24, 2.45) is 0 Å². The van der Waals surface area contributed by atoms with Crippen LogP contribution in [0.25, 0.3) is 0 Å². The molecule has 0 amide bonds. The Kier molecular flexibility index (Phi) is 3.05. The van der Waals surface area contributed by atoms with Crippen molar-refractivity contribution in [2.75, 3.05) is 0 Å². The Hall–Kier alpha value is -2.03. The van der Waals surface area contributed by atoms with Gasteiger partial charge in [-0.05, 0) is 36.2 Å². The number of hydrogen-bond donors (Lipinski definition) is 0. The second kappa shape index (κ2) is 4.66. The Morgan fingerprint density at radius 2 is 2.19 bits per heavy atom. The van der Waals surface area contributed by atoms with E-state index in [0.717, 1.165) is 11.1 Å². The van der Waals surface area contributed by atoms with Crippen molar-refractivity contribution in [3.63, 3.8) is 0 Å². The van der Waals surface area contributed by atoms with Gasteiger partial charge in [0, 0.05) is 25.0 Å². The molecule has 3 heteroatoms. The summed E-state index contributed by atoms with van der Waals surface area (Å²) in [5.41, 5.74) is 2.48. The minimum atomic E-state index is 0.0247. The quantitative estimate of drug-likeness (QED) is 0.732. The van der Waals surface area contributed by atoms with Gasteiger partial charge < -0.3 is 0 Å². The fraction of sp³-hybridized carbons (Fsp3) is 0.154. The molecule has 2 aromatic rings. The van der Waals surface area contributed by atoms with Gasteiger partial charge in [0.05, 0.1) is 0 Å². The molecule has 0 aliphatic carbocycles. The summed E-state index contributed by atoms with van der Waals surface area (Å²) < 4.78 is 0. The number of nitrogens with zero attached hydrogens (tertiary/aromatic N) is 2. The Morgan fingerprint density at radius 3 is 2.88 bits per heavy atom. The van der Waals surface area contributed by atoms with E-state index in [1.54, 1.807) is 24.7 Å². The van der Waals surface area contributed by atoms with E-state index < -0.39 is 0 Å². The summed E-state index contributed by atoms with van der Waals surface area (Å²) in [6.07, 6.45) is 5.41. The molecule has 0 unspecified atom stereocenters. The molecule has 0 radical (unpaired) electrons. The zero-order chi connectivity index (χ0) is 11.4. The zero-order valence-electron chi connectivity index (χ0n) is 9.05. The molecule has 0 bridgehead atoms. The first-order chi connectivity index (χ1) is 7.75. The lowest BCUT2D eigenvalue weighted by Crippen LogP contribution is -2.06. The number of Topliss-reactive ketones (excluding diaryl/α,β-unsaturated/α-hetero) is 1. The lowest BCUT2D eigenvalue weighted by atomic mass is 10.1. The number of carbonyl (C=O) groups is 1. The third kappa shape index (κ3) is 2.51.